The van der Waals surface area contributed by atoms with Gasteiger partial charge in [-0.25, -0.2) is 4.98 Å². The van der Waals surface area contributed by atoms with Gasteiger partial charge in [0.1, 0.15) is 11.5 Å². The highest BCUT2D eigenvalue weighted by Crippen LogP contribution is 2.14. The van der Waals surface area contributed by atoms with Crippen molar-refractivity contribution in [2.24, 2.45) is 0 Å². The largest absolute Gasteiger partial charge is 0.508 e. The number of phenolic OH excluding ortho intramolecular Hbond substituents is 1. The number of phenols is 1. The average molecular weight is 248 g/mol. The molecule has 17 heavy (non-hydrogen) atoms. The molecule has 2 aromatic rings. The van der Waals surface area contributed by atoms with Crippen LogP contribution in [0.4, 0.5) is 5.13 Å². The van der Waals surface area contributed by atoms with E-state index in [1.807, 2.05) is 0 Å². The Labute approximate surface area is 103 Å². The van der Waals surface area contributed by atoms with Gasteiger partial charge < -0.3 is 10.8 Å². The summed E-state index contributed by atoms with van der Waals surface area (Å²) < 4.78 is 0. The second kappa shape index (κ2) is 4.97. The zero-order valence-corrected chi connectivity index (χ0v) is 9.91. The van der Waals surface area contributed by atoms with Crippen LogP contribution in [-0.2, 0) is 17.6 Å². The Balaban J connectivity index is 1.95. The van der Waals surface area contributed by atoms with Gasteiger partial charge in [-0.15, -0.1) is 11.3 Å². The molecule has 0 spiro atoms. The molecule has 0 fully saturated rings. The number of nitrogens with two attached hydrogens (primary N) is 1. The number of aromatic nitrogens is 1. The quantitative estimate of drug-likeness (QED) is 0.864. The van der Waals surface area contributed by atoms with Crippen molar-refractivity contribution >= 4 is 22.3 Å². The summed E-state index contributed by atoms with van der Waals surface area (Å²) in [5.74, 6) is 0.287. The van der Waals surface area contributed by atoms with E-state index in [-0.39, 0.29) is 11.5 Å². The lowest BCUT2D eigenvalue weighted by Crippen LogP contribution is -2.06. The number of anilines is 1. The van der Waals surface area contributed by atoms with Crippen LogP contribution in [0.1, 0.15) is 11.3 Å². The predicted octanol–water partition coefficient (Wildman–Crippen LogP) is 1.79. The molecule has 0 bridgehead atoms. The number of rotatable bonds is 4. The van der Waals surface area contributed by atoms with E-state index < -0.39 is 0 Å². The Hall–Kier alpha value is -1.88. The van der Waals surface area contributed by atoms with Crippen LogP contribution in [0, 0.1) is 0 Å². The minimum atomic E-state index is 0.0842. The van der Waals surface area contributed by atoms with Gasteiger partial charge in [0.05, 0.1) is 5.69 Å². The Bertz CT molecular complexity index is 520. The van der Waals surface area contributed by atoms with Gasteiger partial charge in [-0.3, -0.25) is 4.79 Å². The molecule has 0 aliphatic carbocycles. The molecule has 0 aliphatic heterocycles. The molecule has 1 heterocycles. The SMILES string of the molecule is Nc1nc(CC(=O)Cc2ccc(O)cc2)cs1. The fourth-order valence-electron chi connectivity index (χ4n) is 1.51. The molecule has 2 rings (SSSR count). The van der Waals surface area contributed by atoms with E-state index in [9.17, 15) is 4.79 Å². The third-order valence-corrected chi connectivity index (χ3v) is 3.01. The molecular formula is C12H12N2O2S. The standard InChI is InChI=1S/C12H12N2O2S/c13-12-14-9(7-17-12)6-11(16)5-8-1-3-10(15)4-2-8/h1-4,7,15H,5-6H2,(H2,13,14). The van der Waals surface area contributed by atoms with E-state index in [2.05, 4.69) is 4.98 Å². The number of carbonyl (C=O) groups excluding carboxylic acids is 1. The first kappa shape index (κ1) is 11.6. The van der Waals surface area contributed by atoms with Crippen LogP contribution in [0.5, 0.6) is 5.75 Å². The first-order valence-electron chi connectivity index (χ1n) is 5.13. The normalized spacial score (nSPS) is 10.4. The molecule has 88 valence electrons. The van der Waals surface area contributed by atoms with Crippen LogP contribution < -0.4 is 5.73 Å². The van der Waals surface area contributed by atoms with Crippen molar-refractivity contribution in [1.82, 2.24) is 4.98 Å². The van der Waals surface area contributed by atoms with Crippen LogP contribution in [0.3, 0.4) is 0 Å². The van der Waals surface area contributed by atoms with Crippen molar-refractivity contribution in [2.75, 3.05) is 5.73 Å². The number of nitrogens with zero attached hydrogens (tertiary/aromatic N) is 1. The maximum Gasteiger partial charge on any atom is 0.180 e. The molecular weight excluding hydrogens is 236 g/mol. The van der Waals surface area contributed by atoms with Crippen LogP contribution >= 0.6 is 11.3 Å². The molecule has 0 aliphatic rings. The van der Waals surface area contributed by atoms with E-state index in [0.717, 1.165) is 11.3 Å². The van der Waals surface area contributed by atoms with Gasteiger partial charge in [0.25, 0.3) is 0 Å². The number of aromatic hydroxyl groups is 1. The smallest absolute Gasteiger partial charge is 0.180 e. The maximum absolute atomic E-state index is 11.7. The van der Waals surface area contributed by atoms with Gasteiger partial charge in [-0.2, -0.15) is 0 Å². The summed E-state index contributed by atoms with van der Waals surface area (Å²) in [6.07, 6.45) is 0.645. The fraction of sp³-hybridized carbons (Fsp3) is 0.167. The van der Waals surface area contributed by atoms with Crippen molar-refractivity contribution in [3.63, 3.8) is 0 Å². The Morgan fingerprint density at radius 3 is 2.59 bits per heavy atom. The number of ketones is 1. The molecule has 0 saturated carbocycles. The van der Waals surface area contributed by atoms with E-state index in [1.165, 1.54) is 11.3 Å². The van der Waals surface area contributed by atoms with Gasteiger partial charge in [0.2, 0.25) is 0 Å². The van der Waals surface area contributed by atoms with Crippen LogP contribution in [0.2, 0.25) is 0 Å². The van der Waals surface area contributed by atoms with Crippen LogP contribution in [0.15, 0.2) is 29.6 Å². The van der Waals surface area contributed by atoms with Gasteiger partial charge in [-0.05, 0) is 17.7 Å². The lowest BCUT2D eigenvalue weighted by atomic mass is 10.1. The maximum atomic E-state index is 11.7. The highest BCUT2D eigenvalue weighted by Gasteiger charge is 2.07. The van der Waals surface area contributed by atoms with Crippen LogP contribution in [-0.4, -0.2) is 15.9 Å². The lowest BCUT2D eigenvalue weighted by Gasteiger charge is -2.00. The number of carbonyl (C=O) groups is 1. The number of thiazole rings is 1. The summed E-state index contributed by atoms with van der Waals surface area (Å²) in [5.41, 5.74) is 7.10. The molecule has 1 aromatic carbocycles. The van der Waals surface area contributed by atoms with Crippen molar-refractivity contribution in [3.8, 4) is 5.75 Å². The number of hydrogen-bond acceptors (Lipinski definition) is 5. The molecule has 0 saturated heterocycles. The summed E-state index contributed by atoms with van der Waals surface area (Å²) in [6, 6.07) is 6.62. The Morgan fingerprint density at radius 1 is 1.29 bits per heavy atom. The zero-order chi connectivity index (χ0) is 12.3. The lowest BCUT2D eigenvalue weighted by molar-refractivity contribution is -0.117. The Morgan fingerprint density at radius 2 is 2.00 bits per heavy atom. The van der Waals surface area contributed by atoms with Crippen LogP contribution in [0.25, 0.3) is 0 Å². The number of benzene rings is 1. The summed E-state index contributed by atoms with van der Waals surface area (Å²) in [5, 5.41) is 11.4. The van der Waals surface area contributed by atoms with E-state index in [1.54, 1.807) is 29.6 Å². The predicted molar refractivity (Wildman–Crippen MR) is 67.0 cm³/mol. The number of Topliss-reactive ketones (excluding diaryl/α,β-unsaturated/α-hetero) is 1. The first-order valence-corrected chi connectivity index (χ1v) is 6.01. The third kappa shape index (κ3) is 3.29. The number of nitrogen functional groups attached to an aromatic ring is 1. The van der Waals surface area contributed by atoms with Gasteiger partial charge in [0, 0.05) is 18.2 Å². The Kier molecular flexibility index (Phi) is 3.39. The van der Waals surface area contributed by atoms with Crippen molar-refractivity contribution in [1.29, 1.82) is 0 Å². The topological polar surface area (TPSA) is 76.2 Å². The summed E-state index contributed by atoms with van der Waals surface area (Å²) in [6.45, 7) is 0. The average Bonchev–Trinajstić information content (AvgIpc) is 2.67. The van der Waals surface area contributed by atoms with Gasteiger partial charge in [0.15, 0.2) is 5.13 Å². The zero-order valence-electron chi connectivity index (χ0n) is 9.09. The second-order valence-electron chi connectivity index (χ2n) is 3.74. The highest BCUT2D eigenvalue weighted by molar-refractivity contribution is 7.13. The van der Waals surface area contributed by atoms with Gasteiger partial charge >= 0.3 is 0 Å². The minimum absolute atomic E-state index is 0.0842. The molecule has 0 radical (unpaired) electrons. The van der Waals surface area contributed by atoms with E-state index in [4.69, 9.17) is 10.8 Å². The molecule has 4 nitrogen and oxygen atoms in total. The highest BCUT2D eigenvalue weighted by atomic mass is 32.1. The summed E-state index contributed by atoms with van der Waals surface area (Å²) in [7, 11) is 0. The van der Waals surface area contributed by atoms with Crippen molar-refractivity contribution in [2.45, 2.75) is 12.8 Å². The molecule has 0 amide bonds. The molecule has 0 unspecified atom stereocenters. The van der Waals surface area contributed by atoms with Crippen molar-refractivity contribution in [3.05, 3.63) is 40.9 Å². The van der Waals surface area contributed by atoms with Gasteiger partial charge in [-0.1, -0.05) is 12.1 Å². The molecule has 1 aromatic heterocycles. The second-order valence-corrected chi connectivity index (χ2v) is 4.63. The fourth-order valence-corrected chi connectivity index (χ4v) is 2.07. The molecule has 3 N–H and O–H groups in total. The first-order chi connectivity index (χ1) is 8.13. The van der Waals surface area contributed by atoms with E-state index in [0.29, 0.717) is 18.0 Å². The monoisotopic (exact) mass is 248 g/mol. The molecule has 0 atom stereocenters. The number of hydrogen-bond donors (Lipinski definition) is 2. The van der Waals surface area contributed by atoms with E-state index >= 15 is 0 Å². The van der Waals surface area contributed by atoms with Crippen molar-refractivity contribution < 1.29 is 9.90 Å². The minimum Gasteiger partial charge on any atom is -0.508 e. The third-order valence-electron chi connectivity index (χ3n) is 2.29. The summed E-state index contributed by atoms with van der Waals surface area (Å²) >= 11 is 1.34. The summed E-state index contributed by atoms with van der Waals surface area (Å²) in [4.78, 5) is 15.8. The molecule has 5 heteroatoms.